The number of hydrogen-bond acceptors (Lipinski definition) is 6. The summed E-state index contributed by atoms with van der Waals surface area (Å²) in [7, 11) is 0. The zero-order valence-electron chi connectivity index (χ0n) is 13.8. The maximum Gasteiger partial charge on any atom is 0.343 e. The third kappa shape index (κ3) is 4.99. The predicted octanol–water partition coefficient (Wildman–Crippen LogP) is 3.87. The minimum absolute atomic E-state index is 0. The van der Waals surface area contributed by atoms with Crippen molar-refractivity contribution in [2.24, 2.45) is 0 Å². The number of aryl methyl sites for hydroxylation is 2. The van der Waals surface area contributed by atoms with Crippen molar-refractivity contribution < 1.29 is 9.53 Å². The zero-order valence-corrected chi connectivity index (χ0v) is 14.6. The summed E-state index contributed by atoms with van der Waals surface area (Å²) in [5.74, 6) is 0.508. The molecule has 0 amide bonds. The quantitative estimate of drug-likeness (QED) is 0.564. The third-order valence-corrected chi connectivity index (χ3v) is 3.20. The molecule has 0 saturated carbocycles. The molecule has 0 aliphatic carbocycles. The topological polar surface area (TPSA) is 77.0 Å². The number of carbonyl (C=O) groups is 1. The van der Waals surface area contributed by atoms with Crippen molar-refractivity contribution in [2.45, 2.75) is 13.8 Å². The maximum absolute atomic E-state index is 12.1. The van der Waals surface area contributed by atoms with Gasteiger partial charge >= 0.3 is 5.97 Å². The molecule has 25 heavy (non-hydrogen) atoms. The van der Waals surface area contributed by atoms with Crippen LogP contribution in [0.3, 0.4) is 0 Å². The van der Waals surface area contributed by atoms with Crippen LogP contribution in [0.2, 0.25) is 0 Å². The molecule has 1 aromatic carbocycles. The van der Waals surface area contributed by atoms with Crippen molar-refractivity contribution in [2.75, 3.05) is 5.32 Å². The second kappa shape index (κ2) is 8.21. The first-order valence-corrected chi connectivity index (χ1v) is 7.42. The lowest BCUT2D eigenvalue weighted by Crippen LogP contribution is -2.08. The summed E-state index contributed by atoms with van der Waals surface area (Å²) < 4.78 is 5.38. The fraction of sp³-hybridized carbons (Fsp3) is 0.111. The smallest absolute Gasteiger partial charge is 0.343 e. The lowest BCUT2D eigenvalue weighted by molar-refractivity contribution is 0.0735. The molecule has 0 aliphatic heterocycles. The number of ether oxygens (including phenoxy) is 1. The SMILES string of the molecule is Cc1cc(C)nc(Nc2cccc(OC(=O)c3ccncc3)c2)n1.Cl. The molecule has 1 N–H and O–H groups in total. The van der Waals surface area contributed by atoms with Gasteiger partial charge in [-0.1, -0.05) is 6.07 Å². The van der Waals surface area contributed by atoms with E-state index in [-0.39, 0.29) is 12.4 Å². The van der Waals surface area contributed by atoms with Gasteiger partial charge in [0, 0.05) is 35.5 Å². The van der Waals surface area contributed by atoms with Crippen LogP contribution in [-0.2, 0) is 0 Å². The van der Waals surface area contributed by atoms with Crippen LogP contribution in [0.4, 0.5) is 11.6 Å². The second-order valence-electron chi connectivity index (χ2n) is 5.25. The molecule has 2 heterocycles. The Labute approximate surface area is 151 Å². The molecule has 0 unspecified atom stereocenters. The van der Waals surface area contributed by atoms with Gasteiger partial charge in [0.2, 0.25) is 5.95 Å². The van der Waals surface area contributed by atoms with Crippen LogP contribution in [-0.4, -0.2) is 20.9 Å². The number of nitrogens with one attached hydrogen (secondary N) is 1. The number of nitrogens with zero attached hydrogens (tertiary/aromatic N) is 3. The summed E-state index contributed by atoms with van der Waals surface area (Å²) in [6.45, 7) is 3.82. The van der Waals surface area contributed by atoms with E-state index >= 15 is 0 Å². The first kappa shape index (κ1) is 18.4. The van der Waals surface area contributed by atoms with Crippen molar-refractivity contribution in [1.29, 1.82) is 0 Å². The van der Waals surface area contributed by atoms with Crippen molar-refractivity contribution in [3.63, 3.8) is 0 Å². The molecule has 0 spiro atoms. The number of esters is 1. The van der Waals surface area contributed by atoms with Crippen molar-refractivity contribution in [1.82, 2.24) is 15.0 Å². The molecule has 0 bridgehead atoms. The number of rotatable bonds is 4. The number of carbonyl (C=O) groups excluding carboxylic acids is 1. The predicted molar refractivity (Wildman–Crippen MR) is 97.7 cm³/mol. The van der Waals surface area contributed by atoms with Crippen LogP contribution < -0.4 is 10.1 Å². The van der Waals surface area contributed by atoms with Gasteiger partial charge in [0.25, 0.3) is 0 Å². The minimum Gasteiger partial charge on any atom is -0.423 e. The van der Waals surface area contributed by atoms with E-state index in [0.29, 0.717) is 17.3 Å². The van der Waals surface area contributed by atoms with E-state index in [2.05, 4.69) is 20.3 Å². The Bertz CT molecular complexity index is 852. The largest absolute Gasteiger partial charge is 0.423 e. The molecule has 6 nitrogen and oxygen atoms in total. The van der Waals surface area contributed by atoms with Gasteiger partial charge in [-0.3, -0.25) is 4.98 Å². The van der Waals surface area contributed by atoms with Crippen LogP contribution in [0.15, 0.2) is 54.9 Å². The molecule has 0 aliphatic rings. The van der Waals surface area contributed by atoms with Gasteiger partial charge in [-0.15, -0.1) is 12.4 Å². The van der Waals surface area contributed by atoms with Crippen molar-refractivity contribution in [3.05, 3.63) is 71.8 Å². The summed E-state index contributed by atoms with van der Waals surface area (Å²) >= 11 is 0. The molecule has 3 rings (SSSR count). The van der Waals surface area contributed by atoms with Crippen LogP contribution in [0.25, 0.3) is 0 Å². The van der Waals surface area contributed by atoms with E-state index in [4.69, 9.17) is 4.74 Å². The van der Waals surface area contributed by atoms with Crippen LogP contribution >= 0.6 is 12.4 Å². The Balaban J connectivity index is 0.00000225. The summed E-state index contributed by atoms with van der Waals surface area (Å²) in [5.41, 5.74) is 2.94. The molecular formula is C18H17ClN4O2. The number of aromatic nitrogens is 3. The first-order valence-electron chi connectivity index (χ1n) is 7.42. The Hall–Kier alpha value is -2.99. The molecule has 0 atom stereocenters. The first-order chi connectivity index (χ1) is 11.6. The third-order valence-electron chi connectivity index (χ3n) is 3.20. The van der Waals surface area contributed by atoms with E-state index in [0.717, 1.165) is 17.1 Å². The molecule has 2 aromatic heterocycles. The summed E-state index contributed by atoms with van der Waals surface area (Å²) in [6.07, 6.45) is 3.10. The summed E-state index contributed by atoms with van der Waals surface area (Å²) in [4.78, 5) is 24.6. The van der Waals surface area contributed by atoms with Crippen LogP contribution in [0.5, 0.6) is 5.75 Å². The van der Waals surface area contributed by atoms with E-state index in [9.17, 15) is 4.79 Å². The normalized spacial score (nSPS) is 9.84. The van der Waals surface area contributed by atoms with E-state index in [1.807, 2.05) is 26.0 Å². The number of benzene rings is 1. The highest BCUT2D eigenvalue weighted by atomic mass is 35.5. The summed E-state index contributed by atoms with van der Waals surface area (Å²) in [6, 6.07) is 12.2. The van der Waals surface area contributed by atoms with E-state index in [1.54, 1.807) is 42.7 Å². The number of halogens is 1. The Morgan fingerprint density at radius 2 is 1.68 bits per heavy atom. The molecule has 7 heteroatoms. The Morgan fingerprint density at radius 1 is 1.00 bits per heavy atom. The lowest BCUT2D eigenvalue weighted by Gasteiger charge is -2.09. The van der Waals surface area contributed by atoms with Gasteiger partial charge < -0.3 is 10.1 Å². The van der Waals surface area contributed by atoms with E-state index in [1.165, 1.54) is 0 Å². The minimum atomic E-state index is -0.433. The average Bonchev–Trinajstić information content (AvgIpc) is 2.55. The van der Waals surface area contributed by atoms with Crippen molar-refractivity contribution >= 4 is 30.0 Å². The molecule has 0 fully saturated rings. The van der Waals surface area contributed by atoms with Gasteiger partial charge in [-0.2, -0.15) is 0 Å². The summed E-state index contributed by atoms with van der Waals surface area (Å²) in [5, 5.41) is 3.12. The van der Waals surface area contributed by atoms with Crippen LogP contribution in [0.1, 0.15) is 21.7 Å². The van der Waals surface area contributed by atoms with E-state index < -0.39 is 5.97 Å². The van der Waals surface area contributed by atoms with Gasteiger partial charge in [0.15, 0.2) is 0 Å². The molecule has 128 valence electrons. The zero-order chi connectivity index (χ0) is 16.9. The monoisotopic (exact) mass is 356 g/mol. The van der Waals surface area contributed by atoms with Gasteiger partial charge in [-0.05, 0) is 44.2 Å². The maximum atomic E-state index is 12.1. The lowest BCUT2D eigenvalue weighted by atomic mass is 10.2. The molecule has 0 radical (unpaired) electrons. The molecular weight excluding hydrogens is 340 g/mol. The van der Waals surface area contributed by atoms with Gasteiger partial charge in [-0.25, -0.2) is 14.8 Å². The highest BCUT2D eigenvalue weighted by Crippen LogP contribution is 2.21. The Kier molecular flexibility index (Phi) is 6.03. The fourth-order valence-electron chi connectivity index (χ4n) is 2.20. The highest BCUT2D eigenvalue weighted by molar-refractivity contribution is 5.90. The number of anilines is 2. The highest BCUT2D eigenvalue weighted by Gasteiger charge is 2.09. The van der Waals surface area contributed by atoms with Crippen LogP contribution in [0, 0.1) is 13.8 Å². The fourth-order valence-corrected chi connectivity index (χ4v) is 2.20. The Morgan fingerprint density at radius 3 is 2.36 bits per heavy atom. The second-order valence-corrected chi connectivity index (χ2v) is 5.25. The number of pyridine rings is 1. The van der Waals surface area contributed by atoms with Gasteiger partial charge in [0.05, 0.1) is 5.56 Å². The average molecular weight is 357 g/mol. The molecule has 3 aromatic rings. The van der Waals surface area contributed by atoms with Gasteiger partial charge in [0.1, 0.15) is 5.75 Å². The standard InChI is InChI=1S/C18H16N4O2.ClH/c1-12-10-13(2)21-18(20-12)22-15-4-3-5-16(11-15)24-17(23)14-6-8-19-9-7-14;/h3-11H,1-2H3,(H,20,21,22);1H. The number of hydrogen-bond donors (Lipinski definition) is 1. The molecule has 0 saturated heterocycles. The van der Waals surface area contributed by atoms with Crippen molar-refractivity contribution in [3.8, 4) is 5.75 Å².